The van der Waals surface area contributed by atoms with Crippen molar-refractivity contribution in [2.75, 3.05) is 0 Å². The van der Waals surface area contributed by atoms with Crippen molar-refractivity contribution in [3.63, 3.8) is 0 Å². The minimum absolute atomic E-state index is 0.349. The Balaban J connectivity index is 2.38. The third-order valence-electron chi connectivity index (χ3n) is 3.26. The smallest absolute Gasteiger partial charge is 0.335 e. The van der Waals surface area contributed by atoms with Gasteiger partial charge in [-0.2, -0.15) is 0 Å². The third-order valence-corrected chi connectivity index (χ3v) is 3.40. The average molecular weight is 225 g/mol. The summed E-state index contributed by atoms with van der Waals surface area (Å²) >= 11 is 5.21. The predicted octanol–water partition coefficient (Wildman–Crippen LogP) is 3.05. The summed E-state index contributed by atoms with van der Waals surface area (Å²) < 4.78 is 4.40. The maximum atomic E-state index is 11.8. The third kappa shape index (κ3) is 1.74. The fourth-order valence-electron chi connectivity index (χ4n) is 2.05. The molecule has 1 atom stereocenters. The van der Waals surface area contributed by atoms with E-state index in [9.17, 15) is 4.79 Å². The zero-order valence-corrected chi connectivity index (χ0v) is 9.33. The Bertz CT molecular complexity index is 359. The van der Waals surface area contributed by atoms with E-state index >= 15 is 0 Å². The second kappa shape index (κ2) is 3.86. The molecule has 2 rings (SSSR count). The Hall–Kier alpha value is -1.02. The zero-order chi connectivity index (χ0) is 10.9. The molecule has 1 aromatic carbocycles. The molecule has 1 fully saturated rings. The zero-order valence-electron chi connectivity index (χ0n) is 8.57. The minimum Gasteiger partial charge on any atom is -0.347 e. The van der Waals surface area contributed by atoms with E-state index in [1.807, 2.05) is 37.3 Å². The number of halogens is 1. The SMILES string of the molecule is CC(C(=O)OCl)(c1ccccc1)C1CC1. The Morgan fingerprint density at radius 1 is 1.40 bits per heavy atom. The maximum absolute atomic E-state index is 11.8. The van der Waals surface area contributed by atoms with Crippen LogP contribution in [-0.4, -0.2) is 5.97 Å². The molecule has 0 radical (unpaired) electrons. The fourth-order valence-corrected chi connectivity index (χ4v) is 2.21. The molecule has 80 valence electrons. The molecule has 2 nitrogen and oxygen atoms in total. The van der Waals surface area contributed by atoms with Crippen LogP contribution in [0, 0.1) is 5.92 Å². The molecular weight excluding hydrogens is 212 g/mol. The lowest BCUT2D eigenvalue weighted by Crippen LogP contribution is -2.35. The van der Waals surface area contributed by atoms with Crippen molar-refractivity contribution in [3.05, 3.63) is 35.9 Å². The van der Waals surface area contributed by atoms with Crippen LogP contribution in [0.15, 0.2) is 30.3 Å². The van der Waals surface area contributed by atoms with E-state index < -0.39 is 5.41 Å². The van der Waals surface area contributed by atoms with Crippen molar-refractivity contribution >= 4 is 17.8 Å². The van der Waals surface area contributed by atoms with Crippen LogP contribution in [-0.2, 0) is 14.5 Å². The molecule has 1 saturated carbocycles. The van der Waals surface area contributed by atoms with Gasteiger partial charge in [-0.05, 0) is 31.2 Å². The molecule has 1 aliphatic rings. The lowest BCUT2D eigenvalue weighted by molar-refractivity contribution is -0.140. The molecule has 3 heteroatoms. The molecule has 15 heavy (non-hydrogen) atoms. The number of rotatable bonds is 3. The van der Waals surface area contributed by atoms with Gasteiger partial charge >= 0.3 is 5.97 Å². The van der Waals surface area contributed by atoms with Crippen LogP contribution < -0.4 is 0 Å². The molecule has 0 saturated heterocycles. The predicted molar refractivity (Wildman–Crippen MR) is 58.5 cm³/mol. The largest absolute Gasteiger partial charge is 0.347 e. The Kier molecular flexibility index (Phi) is 2.70. The van der Waals surface area contributed by atoms with Gasteiger partial charge < -0.3 is 4.29 Å². The molecule has 0 aliphatic heterocycles. The first kappa shape index (κ1) is 10.5. The van der Waals surface area contributed by atoms with Crippen molar-refractivity contribution in [2.24, 2.45) is 5.92 Å². The fraction of sp³-hybridized carbons (Fsp3) is 0.417. The second-order valence-corrected chi connectivity index (χ2v) is 4.36. The summed E-state index contributed by atoms with van der Waals surface area (Å²) in [4.78, 5) is 11.8. The van der Waals surface area contributed by atoms with E-state index in [1.165, 1.54) is 0 Å². The van der Waals surface area contributed by atoms with Crippen molar-refractivity contribution in [3.8, 4) is 0 Å². The van der Waals surface area contributed by atoms with Crippen LogP contribution in [0.4, 0.5) is 0 Å². The first-order valence-corrected chi connectivity index (χ1v) is 5.39. The van der Waals surface area contributed by atoms with Gasteiger partial charge in [-0.3, -0.25) is 0 Å². The maximum Gasteiger partial charge on any atom is 0.335 e. The minimum atomic E-state index is -0.580. The Labute approximate surface area is 94.4 Å². The molecule has 0 spiro atoms. The van der Waals surface area contributed by atoms with Gasteiger partial charge in [0.05, 0.1) is 5.41 Å². The molecular formula is C12H13ClO2. The summed E-state index contributed by atoms with van der Waals surface area (Å²) in [5, 5.41) is 0. The Morgan fingerprint density at radius 2 is 2.00 bits per heavy atom. The van der Waals surface area contributed by atoms with E-state index in [0.717, 1.165) is 18.4 Å². The van der Waals surface area contributed by atoms with Crippen LogP contribution in [0.5, 0.6) is 0 Å². The van der Waals surface area contributed by atoms with Crippen LogP contribution in [0.2, 0.25) is 0 Å². The first-order valence-electron chi connectivity index (χ1n) is 5.08. The summed E-state index contributed by atoms with van der Waals surface area (Å²) in [5.41, 5.74) is 0.404. The lowest BCUT2D eigenvalue weighted by atomic mass is 9.78. The Morgan fingerprint density at radius 3 is 2.47 bits per heavy atom. The van der Waals surface area contributed by atoms with E-state index in [-0.39, 0.29) is 5.97 Å². The van der Waals surface area contributed by atoms with E-state index in [4.69, 9.17) is 11.9 Å². The van der Waals surface area contributed by atoms with Gasteiger partial charge in [-0.1, -0.05) is 30.3 Å². The molecule has 0 aromatic heterocycles. The van der Waals surface area contributed by atoms with Crippen LogP contribution in [0.25, 0.3) is 0 Å². The highest BCUT2D eigenvalue weighted by molar-refractivity contribution is 6.14. The molecule has 0 N–H and O–H groups in total. The molecule has 0 bridgehead atoms. The molecule has 1 unspecified atom stereocenters. The first-order chi connectivity index (χ1) is 7.19. The number of carbonyl (C=O) groups excluding carboxylic acids is 1. The van der Waals surface area contributed by atoms with Crippen molar-refractivity contribution in [1.82, 2.24) is 0 Å². The average Bonchev–Trinajstić information content (AvgIpc) is 3.12. The van der Waals surface area contributed by atoms with Crippen molar-refractivity contribution in [2.45, 2.75) is 25.2 Å². The van der Waals surface area contributed by atoms with Crippen LogP contribution in [0.1, 0.15) is 25.3 Å². The molecule has 1 aromatic rings. The van der Waals surface area contributed by atoms with Crippen LogP contribution >= 0.6 is 11.9 Å². The van der Waals surface area contributed by atoms with Crippen LogP contribution in [0.3, 0.4) is 0 Å². The van der Waals surface area contributed by atoms with Gasteiger partial charge in [0, 0.05) is 0 Å². The van der Waals surface area contributed by atoms with Crippen molar-refractivity contribution in [1.29, 1.82) is 0 Å². The summed E-state index contributed by atoms with van der Waals surface area (Å²) in [6.45, 7) is 1.91. The normalized spacial score (nSPS) is 19.3. The molecule has 0 amide bonds. The number of carbonyl (C=O) groups is 1. The van der Waals surface area contributed by atoms with Gasteiger partial charge in [-0.25, -0.2) is 4.79 Å². The number of hydrogen-bond donors (Lipinski definition) is 0. The summed E-state index contributed by atoms with van der Waals surface area (Å²) in [6, 6.07) is 9.69. The van der Waals surface area contributed by atoms with E-state index in [0.29, 0.717) is 5.92 Å². The van der Waals surface area contributed by atoms with Gasteiger partial charge in [0.15, 0.2) is 0 Å². The number of hydrogen-bond acceptors (Lipinski definition) is 2. The lowest BCUT2D eigenvalue weighted by Gasteiger charge is -2.25. The van der Waals surface area contributed by atoms with E-state index in [2.05, 4.69) is 4.29 Å². The van der Waals surface area contributed by atoms with Gasteiger partial charge in [-0.15, -0.1) is 0 Å². The highest BCUT2D eigenvalue weighted by Crippen LogP contribution is 2.48. The second-order valence-electron chi connectivity index (χ2n) is 4.21. The topological polar surface area (TPSA) is 26.3 Å². The summed E-state index contributed by atoms with van der Waals surface area (Å²) in [6.07, 6.45) is 2.13. The summed E-state index contributed by atoms with van der Waals surface area (Å²) in [7, 11) is 0. The van der Waals surface area contributed by atoms with Gasteiger partial charge in [0.1, 0.15) is 11.9 Å². The molecule has 1 aliphatic carbocycles. The highest BCUT2D eigenvalue weighted by atomic mass is 35.5. The monoisotopic (exact) mass is 224 g/mol. The summed E-state index contributed by atoms with van der Waals surface area (Å²) in [5.74, 6) is 0.0176. The standard InChI is InChI=1S/C12H13ClO2/c1-12(10-7-8-10,11(14)15-13)9-5-3-2-4-6-9/h2-6,10H,7-8H2,1H3. The van der Waals surface area contributed by atoms with Gasteiger partial charge in [0.2, 0.25) is 0 Å². The number of benzene rings is 1. The van der Waals surface area contributed by atoms with E-state index in [1.54, 1.807) is 0 Å². The van der Waals surface area contributed by atoms with Crippen molar-refractivity contribution < 1.29 is 9.08 Å². The van der Waals surface area contributed by atoms with Gasteiger partial charge in [0.25, 0.3) is 0 Å². The molecule has 0 heterocycles. The quantitative estimate of drug-likeness (QED) is 0.789. The highest BCUT2D eigenvalue weighted by Gasteiger charge is 2.49.